The zero-order valence-electron chi connectivity index (χ0n) is 12.4. The highest BCUT2D eigenvalue weighted by Gasteiger charge is 2.10. The Balaban J connectivity index is 1.81. The van der Waals surface area contributed by atoms with Crippen LogP contribution in [0.5, 0.6) is 0 Å². The largest absolute Gasteiger partial charge is 0.339 e. The van der Waals surface area contributed by atoms with E-state index in [4.69, 9.17) is 4.52 Å². The van der Waals surface area contributed by atoms with Gasteiger partial charge in [0.25, 0.3) is 5.91 Å². The van der Waals surface area contributed by atoms with E-state index in [9.17, 15) is 9.18 Å². The first-order valence-corrected chi connectivity index (χ1v) is 7.15. The SMILES string of the molecule is CCc1nc(-c2cccc(NC(=O)c3cccc(F)c3)c2)no1. The number of aryl methyl sites for hydroxylation is 1. The van der Waals surface area contributed by atoms with E-state index < -0.39 is 5.82 Å². The molecule has 0 spiro atoms. The summed E-state index contributed by atoms with van der Waals surface area (Å²) in [5.41, 5.74) is 1.55. The molecular weight excluding hydrogens is 297 g/mol. The third-order valence-electron chi connectivity index (χ3n) is 3.24. The molecule has 1 N–H and O–H groups in total. The van der Waals surface area contributed by atoms with Crippen molar-refractivity contribution in [2.75, 3.05) is 5.32 Å². The second-order valence-electron chi connectivity index (χ2n) is 4.91. The molecule has 5 nitrogen and oxygen atoms in total. The predicted octanol–water partition coefficient (Wildman–Crippen LogP) is 3.69. The molecule has 0 aliphatic carbocycles. The number of aromatic nitrogens is 2. The minimum absolute atomic E-state index is 0.253. The van der Waals surface area contributed by atoms with Crippen LogP contribution in [0.25, 0.3) is 11.4 Å². The zero-order valence-corrected chi connectivity index (χ0v) is 12.4. The molecule has 23 heavy (non-hydrogen) atoms. The number of anilines is 1. The van der Waals surface area contributed by atoms with E-state index in [0.717, 1.165) is 5.56 Å². The molecule has 1 aromatic heterocycles. The van der Waals surface area contributed by atoms with Gasteiger partial charge in [-0.1, -0.05) is 30.3 Å². The van der Waals surface area contributed by atoms with Gasteiger partial charge in [-0.2, -0.15) is 4.98 Å². The summed E-state index contributed by atoms with van der Waals surface area (Å²) >= 11 is 0. The van der Waals surface area contributed by atoms with Crippen LogP contribution in [-0.2, 0) is 6.42 Å². The van der Waals surface area contributed by atoms with Crippen molar-refractivity contribution in [3.63, 3.8) is 0 Å². The first-order chi connectivity index (χ1) is 11.2. The summed E-state index contributed by atoms with van der Waals surface area (Å²) in [6.45, 7) is 1.92. The molecule has 0 saturated carbocycles. The molecule has 0 radical (unpaired) electrons. The molecule has 0 fully saturated rings. The number of nitrogens with one attached hydrogen (secondary N) is 1. The summed E-state index contributed by atoms with van der Waals surface area (Å²) in [5.74, 6) is 0.173. The van der Waals surface area contributed by atoms with Crippen molar-refractivity contribution in [2.45, 2.75) is 13.3 Å². The van der Waals surface area contributed by atoms with Crippen LogP contribution >= 0.6 is 0 Å². The van der Waals surface area contributed by atoms with Crippen LogP contribution in [0.1, 0.15) is 23.2 Å². The van der Waals surface area contributed by atoms with Crippen molar-refractivity contribution >= 4 is 11.6 Å². The Morgan fingerprint density at radius 3 is 2.78 bits per heavy atom. The fraction of sp³-hybridized carbons (Fsp3) is 0.118. The lowest BCUT2D eigenvalue weighted by Gasteiger charge is -2.06. The molecule has 1 amide bonds. The predicted molar refractivity (Wildman–Crippen MR) is 83.5 cm³/mol. The van der Waals surface area contributed by atoms with Crippen LogP contribution in [0.4, 0.5) is 10.1 Å². The second-order valence-corrected chi connectivity index (χ2v) is 4.91. The van der Waals surface area contributed by atoms with E-state index in [1.54, 1.807) is 24.3 Å². The van der Waals surface area contributed by atoms with Crippen molar-refractivity contribution in [1.82, 2.24) is 10.1 Å². The first-order valence-electron chi connectivity index (χ1n) is 7.15. The Kier molecular flexibility index (Phi) is 4.14. The van der Waals surface area contributed by atoms with Gasteiger partial charge in [0, 0.05) is 23.2 Å². The van der Waals surface area contributed by atoms with Gasteiger partial charge in [-0.3, -0.25) is 4.79 Å². The van der Waals surface area contributed by atoms with E-state index >= 15 is 0 Å². The maximum absolute atomic E-state index is 13.2. The molecule has 3 aromatic rings. The van der Waals surface area contributed by atoms with Crippen LogP contribution in [0, 0.1) is 5.82 Å². The van der Waals surface area contributed by atoms with Crippen molar-refractivity contribution < 1.29 is 13.7 Å². The minimum atomic E-state index is -0.453. The van der Waals surface area contributed by atoms with Crippen molar-refractivity contribution in [1.29, 1.82) is 0 Å². The fourth-order valence-corrected chi connectivity index (χ4v) is 2.08. The standard InChI is InChI=1S/C17H14FN3O2/c1-2-15-20-16(21-23-15)11-5-4-8-14(10-11)19-17(22)12-6-3-7-13(18)9-12/h3-10H,2H2,1H3,(H,19,22). The number of rotatable bonds is 4. The Morgan fingerprint density at radius 2 is 2.04 bits per heavy atom. The van der Waals surface area contributed by atoms with Gasteiger partial charge < -0.3 is 9.84 Å². The Bertz CT molecular complexity index is 845. The highest BCUT2D eigenvalue weighted by molar-refractivity contribution is 6.04. The average molecular weight is 311 g/mol. The van der Waals surface area contributed by atoms with Crippen LogP contribution in [0.2, 0.25) is 0 Å². The molecule has 0 saturated heterocycles. The monoisotopic (exact) mass is 311 g/mol. The van der Waals surface area contributed by atoms with Crippen LogP contribution in [0.3, 0.4) is 0 Å². The van der Waals surface area contributed by atoms with Crippen LogP contribution in [-0.4, -0.2) is 16.0 Å². The van der Waals surface area contributed by atoms with Gasteiger partial charge in [0.05, 0.1) is 0 Å². The highest BCUT2D eigenvalue weighted by Crippen LogP contribution is 2.20. The summed E-state index contributed by atoms with van der Waals surface area (Å²) in [5, 5.41) is 6.62. The Morgan fingerprint density at radius 1 is 1.22 bits per heavy atom. The van der Waals surface area contributed by atoms with Gasteiger partial charge in [0.2, 0.25) is 11.7 Å². The molecule has 0 aliphatic heterocycles. The molecule has 0 bridgehead atoms. The summed E-state index contributed by atoms with van der Waals surface area (Å²) in [6.07, 6.45) is 0.656. The number of amides is 1. The maximum atomic E-state index is 13.2. The second kappa shape index (κ2) is 6.39. The van der Waals surface area contributed by atoms with Gasteiger partial charge in [-0.05, 0) is 30.3 Å². The molecule has 0 unspecified atom stereocenters. The summed E-state index contributed by atoms with van der Waals surface area (Å²) in [4.78, 5) is 16.4. The molecule has 116 valence electrons. The van der Waals surface area contributed by atoms with Crippen molar-refractivity contribution in [3.05, 3.63) is 65.8 Å². The normalized spacial score (nSPS) is 10.5. The highest BCUT2D eigenvalue weighted by atomic mass is 19.1. The summed E-state index contributed by atoms with van der Waals surface area (Å²) in [6, 6.07) is 12.6. The first kappa shape index (κ1) is 14.9. The molecule has 6 heteroatoms. The number of hydrogen-bond donors (Lipinski definition) is 1. The third kappa shape index (κ3) is 3.42. The minimum Gasteiger partial charge on any atom is -0.339 e. The topological polar surface area (TPSA) is 68.0 Å². The van der Waals surface area contributed by atoms with E-state index in [1.807, 2.05) is 13.0 Å². The third-order valence-corrected chi connectivity index (χ3v) is 3.24. The van der Waals surface area contributed by atoms with Gasteiger partial charge in [0.15, 0.2) is 0 Å². The molecular formula is C17H14FN3O2. The molecule has 0 atom stereocenters. The number of nitrogens with zero attached hydrogens (tertiary/aromatic N) is 2. The van der Waals surface area contributed by atoms with Gasteiger partial charge in [0.1, 0.15) is 5.82 Å². The van der Waals surface area contributed by atoms with Crippen molar-refractivity contribution in [3.8, 4) is 11.4 Å². The van der Waals surface area contributed by atoms with Gasteiger partial charge >= 0.3 is 0 Å². The number of benzene rings is 2. The number of hydrogen-bond acceptors (Lipinski definition) is 4. The molecule has 2 aromatic carbocycles. The average Bonchev–Trinajstić information content (AvgIpc) is 3.04. The maximum Gasteiger partial charge on any atom is 0.255 e. The van der Waals surface area contributed by atoms with E-state index in [1.165, 1.54) is 18.2 Å². The fourth-order valence-electron chi connectivity index (χ4n) is 2.08. The zero-order chi connectivity index (χ0) is 16.2. The summed E-state index contributed by atoms with van der Waals surface area (Å²) in [7, 11) is 0. The van der Waals surface area contributed by atoms with Crippen LogP contribution < -0.4 is 5.32 Å². The Hall–Kier alpha value is -3.02. The van der Waals surface area contributed by atoms with Gasteiger partial charge in [-0.15, -0.1) is 0 Å². The lowest BCUT2D eigenvalue weighted by molar-refractivity contribution is 0.102. The Labute approximate surface area is 132 Å². The van der Waals surface area contributed by atoms with E-state index in [0.29, 0.717) is 23.8 Å². The molecule has 1 heterocycles. The number of carbonyl (C=O) groups is 1. The lowest BCUT2D eigenvalue weighted by Crippen LogP contribution is -2.12. The van der Waals surface area contributed by atoms with E-state index in [-0.39, 0.29) is 11.5 Å². The quantitative estimate of drug-likeness (QED) is 0.798. The lowest BCUT2D eigenvalue weighted by atomic mass is 10.1. The van der Waals surface area contributed by atoms with Crippen molar-refractivity contribution in [2.24, 2.45) is 0 Å². The van der Waals surface area contributed by atoms with Crippen LogP contribution in [0.15, 0.2) is 53.1 Å². The van der Waals surface area contributed by atoms with E-state index in [2.05, 4.69) is 15.5 Å². The number of halogens is 1. The summed E-state index contributed by atoms with van der Waals surface area (Å²) < 4.78 is 18.3. The van der Waals surface area contributed by atoms with Gasteiger partial charge in [-0.25, -0.2) is 4.39 Å². The number of carbonyl (C=O) groups excluding carboxylic acids is 1. The smallest absolute Gasteiger partial charge is 0.255 e. The molecule has 0 aliphatic rings. The molecule has 3 rings (SSSR count).